The van der Waals surface area contributed by atoms with Gasteiger partial charge in [0, 0.05) is 57.4 Å². The molecule has 2 aromatic heterocycles. The highest BCUT2D eigenvalue weighted by atomic mass is 16.5. The van der Waals surface area contributed by atoms with Crippen LogP contribution in [-0.4, -0.2) is 73.7 Å². The van der Waals surface area contributed by atoms with Crippen molar-refractivity contribution in [1.29, 1.82) is 0 Å². The maximum absolute atomic E-state index is 5.44. The van der Waals surface area contributed by atoms with E-state index in [-0.39, 0.29) is 0 Å². The van der Waals surface area contributed by atoms with Crippen LogP contribution in [0.4, 0.5) is 0 Å². The van der Waals surface area contributed by atoms with Crippen molar-refractivity contribution >= 4 is 0 Å². The average molecular weight is 374 g/mol. The van der Waals surface area contributed by atoms with Gasteiger partial charge in [-0.05, 0) is 26.3 Å². The van der Waals surface area contributed by atoms with Gasteiger partial charge in [-0.15, -0.1) is 10.2 Å². The molecule has 148 valence electrons. The molecule has 1 atom stereocenters. The molecule has 27 heavy (non-hydrogen) atoms. The first-order valence-corrected chi connectivity index (χ1v) is 10.1. The molecule has 2 aliphatic rings. The largest absolute Gasteiger partial charge is 0.379 e. The Balaban J connectivity index is 1.39. The summed E-state index contributed by atoms with van der Waals surface area (Å²) < 4.78 is 9.66. The van der Waals surface area contributed by atoms with E-state index in [4.69, 9.17) is 4.74 Å². The van der Waals surface area contributed by atoms with Crippen molar-refractivity contribution in [3.8, 4) is 0 Å². The highest BCUT2D eigenvalue weighted by Gasteiger charge is 2.26. The van der Waals surface area contributed by atoms with Crippen LogP contribution in [-0.2, 0) is 31.4 Å². The van der Waals surface area contributed by atoms with Crippen molar-refractivity contribution in [3.05, 3.63) is 29.6 Å². The second kappa shape index (κ2) is 8.50. The SMILES string of the molecule is CCn1cc(CN2CCC[C@H](c3nnc(CN4CCOCC4)n3C)C2)cn1. The topological polar surface area (TPSA) is 64.2 Å². The Hall–Kier alpha value is -1.77. The van der Waals surface area contributed by atoms with Gasteiger partial charge in [0.15, 0.2) is 0 Å². The molecule has 2 saturated heterocycles. The van der Waals surface area contributed by atoms with Crippen molar-refractivity contribution in [1.82, 2.24) is 34.3 Å². The minimum atomic E-state index is 0.455. The summed E-state index contributed by atoms with van der Waals surface area (Å²) in [6.07, 6.45) is 6.55. The normalized spacial score (nSPS) is 22.4. The van der Waals surface area contributed by atoms with Crippen LogP contribution in [0, 0.1) is 0 Å². The predicted molar refractivity (Wildman–Crippen MR) is 102 cm³/mol. The van der Waals surface area contributed by atoms with Crippen LogP contribution in [0.15, 0.2) is 12.4 Å². The monoisotopic (exact) mass is 373 g/mol. The Morgan fingerprint density at radius 3 is 2.74 bits per heavy atom. The highest BCUT2D eigenvalue weighted by molar-refractivity contribution is 5.07. The summed E-state index contributed by atoms with van der Waals surface area (Å²) in [7, 11) is 2.12. The second-order valence-electron chi connectivity index (χ2n) is 7.70. The Bertz CT molecular complexity index is 734. The fraction of sp³-hybridized carbons (Fsp3) is 0.737. The molecule has 8 heteroatoms. The Labute approximate surface area is 161 Å². The van der Waals surface area contributed by atoms with Crippen LogP contribution in [0.25, 0.3) is 0 Å². The van der Waals surface area contributed by atoms with Gasteiger partial charge in [-0.25, -0.2) is 0 Å². The molecule has 8 nitrogen and oxygen atoms in total. The van der Waals surface area contributed by atoms with Crippen molar-refractivity contribution in [3.63, 3.8) is 0 Å². The minimum absolute atomic E-state index is 0.455. The molecule has 0 amide bonds. The molecule has 0 aliphatic carbocycles. The van der Waals surface area contributed by atoms with Gasteiger partial charge in [0.2, 0.25) is 0 Å². The fourth-order valence-corrected chi connectivity index (χ4v) is 4.16. The van der Waals surface area contributed by atoms with E-state index in [2.05, 4.69) is 49.8 Å². The molecule has 4 heterocycles. The smallest absolute Gasteiger partial charge is 0.146 e. The van der Waals surface area contributed by atoms with Crippen molar-refractivity contribution in [2.75, 3.05) is 39.4 Å². The van der Waals surface area contributed by atoms with E-state index in [1.807, 2.05) is 10.9 Å². The number of likely N-dealkylation sites (tertiary alicyclic amines) is 1. The van der Waals surface area contributed by atoms with Gasteiger partial charge in [0.1, 0.15) is 11.6 Å². The average Bonchev–Trinajstić information content (AvgIpc) is 3.30. The van der Waals surface area contributed by atoms with Gasteiger partial charge in [-0.2, -0.15) is 5.10 Å². The summed E-state index contributed by atoms with van der Waals surface area (Å²) in [6.45, 7) is 10.6. The predicted octanol–water partition coefficient (Wildman–Crippen LogP) is 1.24. The molecule has 0 spiro atoms. The molecule has 0 N–H and O–H groups in total. The van der Waals surface area contributed by atoms with E-state index in [0.717, 1.165) is 70.7 Å². The number of hydrogen-bond acceptors (Lipinski definition) is 6. The number of piperidine rings is 1. The minimum Gasteiger partial charge on any atom is -0.379 e. The summed E-state index contributed by atoms with van der Waals surface area (Å²) in [5.41, 5.74) is 1.29. The van der Waals surface area contributed by atoms with E-state index in [1.54, 1.807) is 0 Å². The third-order valence-corrected chi connectivity index (χ3v) is 5.75. The van der Waals surface area contributed by atoms with Crippen LogP contribution in [0.3, 0.4) is 0 Å². The molecular weight excluding hydrogens is 342 g/mol. The highest BCUT2D eigenvalue weighted by Crippen LogP contribution is 2.27. The van der Waals surface area contributed by atoms with Crippen LogP contribution in [0.5, 0.6) is 0 Å². The molecular formula is C19H31N7O. The zero-order chi connectivity index (χ0) is 18.6. The quantitative estimate of drug-likeness (QED) is 0.759. The summed E-state index contributed by atoms with van der Waals surface area (Å²) in [4.78, 5) is 4.93. The lowest BCUT2D eigenvalue weighted by Crippen LogP contribution is -2.36. The fourth-order valence-electron chi connectivity index (χ4n) is 4.16. The number of rotatable bonds is 6. The number of aryl methyl sites for hydroxylation is 1. The van der Waals surface area contributed by atoms with Crippen molar-refractivity contribution in [2.45, 2.75) is 45.3 Å². The molecule has 4 rings (SSSR count). The van der Waals surface area contributed by atoms with Gasteiger partial charge in [0.25, 0.3) is 0 Å². The van der Waals surface area contributed by atoms with Gasteiger partial charge in [0.05, 0.1) is 26.0 Å². The molecule has 2 aromatic rings. The van der Waals surface area contributed by atoms with E-state index in [1.165, 1.54) is 18.4 Å². The number of morpholine rings is 1. The molecule has 2 aliphatic heterocycles. The third kappa shape index (κ3) is 4.39. The zero-order valence-corrected chi connectivity index (χ0v) is 16.5. The van der Waals surface area contributed by atoms with Crippen LogP contribution in [0.2, 0.25) is 0 Å². The van der Waals surface area contributed by atoms with Gasteiger partial charge in [-0.1, -0.05) is 0 Å². The lowest BCUT2D eigenvalue weighted by molar-refractivity contribution is 0.0326. The Morgan fingerprint density at radius 1 is 1.11 bits per heavy atom. The maximum atomic E-state index is 5.44. The van der Waals surface area contributed by atoms with Crippen molar-refractivity contribution in [2.24, 2.45) is 7.05 Å². The number of aromatic nitrogens is 5. The standard InChI is InChI=1S/C19H31N7O/c1-3-26-13-16(11-20-26)12-25-6-4-5-17(14-25)19-22-21-18(23(19)2)15-24-7-9-27-10-8-24/h11,13,17H,3-10,12,14-15H2,1-2H3/t17-/m0/s1. The third-order valence-electron chi connectivity index (χ3n) is 5.75. The second-order valence-corrected chi connectivity index (χ2v) is 7.70. The van der Waals surface area contributed by atoms with Crippen molar-refractivity contribution < 1.29 is 4.74 Å². The zero-order valence-electron chi connectivity index (χ0n) is 16.5. The first-order chi connectivity index (χ1) is 13.2. The lowest BCUT2D eigenvalue weighted by Gasteiger charge is -2.32. The number of nitrogens with zero attached hydrogens (tertiary/aromatic N) is 7. The van der Waals surface area contributed by atoms with Gasteiger partial charge >= 0.3 is 0 Å². The summed E-state index contributed by atoms with van der Waals surface area (Å²) in [5, 5.41) is 13.5. The molecule has 0 radical (unpaired) electrons. The molecule has 2 fully saturated rings. The van der Waals surface area contributed by atoms with E-state index in [9.17, 15) is 0 Å². The van der Waals surface area contributed by atoms with Gasteiger partial charge in [-0.3, -0.25) is 14.5 Å². The van der Waals surface area contributed by atoms with E-state index >= 15 is 0 Å². The molecule has 0 unspecified atom stereocenters. The molecule has 0 saturated carbocycles. The number of ether oxygens (including phenoxy) is 1. The van der Waals surface area contributed by atoms with Crippen LogP contribution < -0.4 is 0 Å². The van der Waals surface area contributed by atoms with Gasteiger partial charge < -0.3 is 9.30 Å². The summed E-state index contributed by atoms with van der Waals surface area (Å²) in [5.74, 6) is 2.65. The lowest BCUT2D eigenvalue weighted by atomic mass is 9.97. The first kappa shape index (κ1) is 18.6. The Kier molecular flexibility index (Phi) is 5.85. The summed E-state index contributed by atoms with van der Waals surface area (Å²) in [6, 6.07) is 0. The van der Waals surface area contributed by atoms with E-state index in [0.29, 0.717) is 5.92 Å². The van der Waals surface area contributed by atoms with E-state index < -0.39 is 0 Å². The molecule has 0 bridgehead atoms. The first-order valence-electron chi connectivity index (χ1n) is 10.1. The Morgan fingerprint density at radius 2 is 1.96 bits per heavy atom. The molecule has 0 aromatic carbocycles. The van der Waals surface area contributed by atoms with Crippen LogP contribution in [0.1, 0.15) is 42.9 Å². The van der Waals surface area contributed by atoms with Crippen LogP contribution >= 0.6 is 0 Å². The summed E-state index contributed by atoms with van der Waals surface area (Å²) >= 11 is 0. The number of hydrogen-bond donors (Lipinski definition) is 0. The maximum Gasteiger partial charge on any atom is 0.146 e.